The van der Waals surface area contributed by atoms with Crippen LogP contribution in [0.1, 0.15) is 40.1 Å². The molecule has 0 saturated carbocycles. The van der Waals surface area contributed by atoms with Gasteiger partial charge < -0.3 is 30.5 Å². The Morgan fingerprint density at radius 1 is 0.758 bits per heavy atom. The van der Waals surface area contributed by atoms with E-state index in [4.69, 9.17) is 9.47 Å². The maximum absolute atomic E-state index is 12.4. The fourth-order valence-corrected chi connectivity index (χ4v) is 11.4. The lowest BCUT2D eigenvalue weighted by Gasteiger charge is -2.22. The van der Waals surface area contributed by atoms with E-state index in [2.05, 4.69) is 55.1 Å². The average molecular weight is 922 g/mol. The minimum atomic E-state index is -4.29. The molecule has 0 unspecified atom stereocenters. The molecule has 2 aromatic carbocycles. The zero-order valence-electron chi connectivity index (χ0n) is 32.7. The Morgan fingerprint density at radius 3 is 1.74 bits per heavy atom. The number of benzene rings is 2. The number of rotatable bonds is 10. The Hall–Kier alpha value is -5.91. The number of hydrogen-bond donors (Lipinski definition) is 4. The lowest BCUT2D eigenvalue weighted by molar-refractivity contribution is -0.142. The highest BCUT2D eigenvalue weighted by Gasteiger charge is 2.32. The summed E-state index contributed by atoms with van der Waals surface area (Å²) in [6.07, 6.45) is 1.21. The number of carboxylic acid groups (broad SMARTS) is 1. The molecule has 8 aromatic rings. The van der Waals surface area contributed by atoms with Gasteiger partial charge in [0, 0.05) is 34.3 Å². The van der Waals surface area contributed by atoms with Crippen LogP contribution < -0.4 is 25.4 Å². The summed E-state index contributed by atoms with van der Waals surface area (Å²) in [7, 11) is 3.19. The van der Waals surface area contributed by atoms with Gasteiger partial charge in [0.15, 0.2) is 0 Å². The van der Waals surface area contributed by atoms with E-state index in [1.807, 2.05) is 24.3 Å². The highest BCUT2D eigenvalue weighted by Crippen LogP contribution is 2.44. The van der Waals surface area contributed by atoms with Gasteiger partial charge in [0.1, 0.15) is 56.5 Å². The van der Waals surface area contributed by atoms with Gasteiger partial charge in [-0.1, -0.05) is 8.98 Å². The molecule has 0 bridgehead atoms. The maximum atomic E-state index is 12.4. The molecular formula is C39H34F3N11O5S4. The van der Waals surface area contributed by atoms with Crippen LogP contribution in [-0.4, -0.2) is 83.0 Å². The van der Waals surface area contributed by atoms with Gasteiger partial charge in [-0.05, 0) is 84.8 Å². The summed E-state index contributed by atoms with van der Waals surface area (Å²) >= 11 is 5.64. The Labute approximate surface area is 365 Å². The Morgan fingerprint density at radius 2 is 1.26 bits per heavy atom. The minimum absolute atomic E-state index is 0.328. The Balaban J connectivity index is 0.000000161. The molecule has 4 N–H and O–H groups in total. The molecule has 0 radical (unpaired) electrons. The Bertz CT molecular complexity index is 2990. The van der Waals surface area contributed by atoms with Crippen molar-refractivity contribution in [2.24, 2.45) is 11.8 Å². The molecule has 1 amide bonds. The van der Waals surface area contributed by atoms with Crippen molar-refractivity contribution in [3.8, 4) is 11.5 Å². The van der Waals surface area contributed by atoms with E-state index < -0.39 is 25.1 Å². The molecule has 320 valence electrons. The monoisotopic (exact) mass is 921 g/mol. The molecule has 2 aliphatic rings. The van der Waals surface area contributed by atoms with Crippen LogP contribution in [0.2, 0.25) is 0 Å². The van der Waals surface area contributed by atoms with Crippen molar-refractivity contribution in [3.63, 3.8) is 0 Å². The van der Waals surface area contributed by atoms with Crippen LogP contribution in [0.4, 0.5) is 36.2 Å². The maximum Gasteiger partial charge on any atom is 0.390 e. The lowest BCUT2D eigenvalue weighted by Crippen LogP contribution is -2.35. The molecule has 0 aliphatic heterocycles. The van der Waals surface area contributed by atoms with Crippen molar-refractivity contribution in [2.45, 2.75) is 51.1 Å². The number of carbonyl (C=O) groups is 2. The standard InChI is InChI=1S/C21H19F3N6O2S2.C18H15N5O3S2/c1-32-14-7-13-16(34-30-29-13)8-12(14)28-18-17-11-3-2-10(19(31)25-5-4-21(22,23)24)6-15(11)33-20(17)27-9-26-18;1-26-12-5-11-14(28-23-22-11)6-10(12)21-16-15-9-3-2-8(18(24)25)4-13(9)27-17(15)20-7-19-16/h7-10H,2-6H2,1H3,(H,25,31)(H,26,27,28);5-8H,2-4H2,1H3,(H,24,25)(H,19,20,21)/t10-;8-/m00/s1. The molecule has 0 spiro atoms. The molecule has 6 aromatic heterocycles. The van der Waals surface area contributed by atoms with Gasteiger partial charge in [0.25, 0.3) is 0 Å². The molecule has 23 heteroatoms. The van der Waals surface area contributed by atoms with Gasteiger partial charge in [-0.25, -0.2) is 19.9 Å². The number of nitrogens with one attached hydrogen (secondary N) is 3. The number of aromatic nitrogens is 8. The fourth-order valence-electron chi connectivity index (χ4n) is 7.72. The summed E-state index contributed by atoms with van der Waals surface area (Å²) in [5, 5.41) is 28.5. The molecule has 0 saturated heterocycles. The van der Waals surface area contributed by atoms with Gasteiger partial charge >= 0.3 is 12.1 Å². The van der Waals surface area contributed by atoms with E-state index in [9.17, 15) is 27.9 Å². The normalized spacial score (nSPS) is 16.1. The second-order valence-corrected chi connectivity index (χ2v) is 18.3. The summed E-state index contributed by atoms with van der Waals surface area (Å²) in [4.78, 5) is 45.3. The third kappa shape index (κ3) is 8.35. The first-order valence-electron chi connectivity index (χ1n) is 19.2. The second kappa shape index (κ2) is 17.1. The number of alkyl halides is 3. The van der Waals surface area contributed by atoms with Crippen molar-refractivity contribution in [1.29, 1.82) is 0 Å². The van der Waals surface area contributed by atoms with Crippen LogP contribution in [0.3, 0.4) is 0 Å². The predicted molar refractivity (Wildman–Crippen MR) is 232 cm³/mol. The molecule has 2 atom stereocenters. The number of thiophene rings is 2. The molecule has 2 aliphatic carbocycles. The van der Waals surface area contributed by atoms with Crippen molar-refractivity contribution in [2.75, 3.05) is 31.4 Å². The van der Waals surface area contributed by atoms with Crippen molar-refractivity contribution in [3.05, 3.63) is 57.8 Å². The first-order chi connectivity index (χ1) is 30.0. The van der Waals surface area contributed by atoms with Gasteiger partial charge in [-0.15, -0.1) is 32.9 Å². The van der Waals surface area contributed by atoms with Crippen LogP contribution in [0.25, 0.3) is 40.9 Å². The van der Waals surface area contributed by atoms with Crippen LogP contribution >= 0.6 is 45.7 Å². The van der Waals surface area contributed by atoms with E-state index in [0.717, 1.165) is 73.1 Å². The summed E-state index contributed by atoms with van der Waals surface area (Å²) < 4.78 is 58.0. The Kier molecular flexibility index (Phi) is 11.4. The highest BCUT2D eigenvalue weighted by molar-refractivity contribution is 7.19. The van der Waals surface area contributed by atoms with Gasteiger partial charge in [-0.3, -0.25) is 9.59 Å². The molecule has 6 heterocycles. The zero-order valence-corrected chi connectivity index (χ0v) is 36.0. The van der Waals surface area contributed by atoms with E-state index >= 15 is 0 Å². The number of halogens is 3. The van der Waals surface area contributed by atoms with Crippen LogP contribution in [-0.2, 0) is 35.3 Å². The number of hydrogen-bond acceptors (Lipinski definition) is 18. The van der Waals surface area contributed by atoms with Crippen molar-refractivity contribution in [1.82, 2.24) is 44.4 Å². The number of ether oxygens (including phenoxy) is 2. The van der Waals surface area contributed by atoms with E-state index in [0.29, 0.717) is 61.7 Å². The molecule has 10 rings (SSSR count). The SMILES string of the molecule is COc1cc2nnsc2cc1Nc1ncnc2sc3c(c12)CC[C@H](C(=O)NCCC(F)(F)F)C3.COc1cc2nnsc2cc1Nc1ncnc2sc3c(c12)CC[C@H](C(=O)O)C3. The summed E-state index contributed by atoms with van der Waals surface area (Å²) in [6.45, 7) is -0.404. The number of aliphatic carboxylic acids is 1. The molecule has 0 fully saturated rings. The number of methoxy groups -OCH3 is 2. The predicted octanol–water partition coefficient (Wildman–Crippen LogP) is 8.26. The fraction of sp³-hybridized carbons (Fsp3) is 0.333. The zero-order chi connectivity index (χ0) is 43.1. The lowest BCUT2D eigenvalue weighted by atomic mass is 9.87. The third-order valence-corrected chi connectivity index (χ3v) is 14.5. The summed E-state index contributed by atoms with van der Waals surface area (Å²) in [6, 6.07) is 7.52. The number of anilines is 4. The number of aryl methyl sites for hydroxylation is 2. The number of nitrogens with zero attached hydrogens (tertiary/aromatic N) is 8. The van der Waals surface area contributed by atoms with Crippen molar-refractivity contribution < 1.29 is 37.3 Å². The highest BCUT2D eigenvalue weighted by atomic mass is 32.1. The quantitative estimate of drug-likeness (QED) is 0.102. The van der Waals surface area contributed by atoms with Crippen molar-refractivity contribution >= 4 is 121 Å². The van der Waals surface area contributed by atoms with Gasteiger partial charge in [0.05, 0.1) is 58.1 Å². The van der Waals surface area contributed by atoms with E-state index in [1.165, 1.54) is 47.1 Å². The van der Waals surface area contributed by atoms with Crippen LogP contribution in [0.5, 0.6) is 11.5 Å². The summed E-state index contributed by atoms with van der Waals surface area (Å²) in [5.74, 6) is 0.827. The number of carbonyl (C=O) groups excluding carboxylic acids is 1. The first-order valence-corrected chi connectivity index (χ1v) is 22.4. The number of amides is 1. The largest absolute Gasteiger partial charge is 0.494 e. The molecule has 16 nitrogen and oxygen atoms in total. The van der Waals surface area contributed by atoms with E-state index in [1.54, 1.807) is 25.6 Å². The topological polar surface area (TPSA) is 212 Å². The number of fused-ring (bicyclic) bond motifs is 8. The van der Waals surface area contributed by atoms with Gasteiger partial charge in [0.2, 0.25) is 5.91 Å². The van der Waals surface area contributed by atoms with Gasteiger partial charge in [-0.2, -0.15) is 13.2 Å². The second-order valence-electron chi connectivity index (χ2n) is 14.5. The average Bonchev–Trinajstić information content (AvgIpc) is 4.07. The molecule has 62 heavy (non-hydrogen) atoms. The van der Waals surface area contributed by atoms with Crippen LogP contribution in [0.15, 0.2) is 36.9 Å². The van der Waals surface area contributed by atoms with E-state index in [-0.39, 0.29) is 17.7 Å². The number of carboxylic acids is 1. The third-order valence-electron chi connectivity index (χ3n) is 10.8. The van der Waals surface area contributed by atoms with Crippen LogP contribution in [0, 0.1) is 11.8 Å². The smallest absolute Gasteiger partial charge is 0.390 e. The first kappa shape index (κ1) is 41.4. The minimum Gasteiger partial charge on any atom is -0.494 e. The summed E-state index contributed by atoms with van der Waals surface area (Å²) in [5.41, 5.74) is 5.25. The molecular weight excluding hydrogens is 888 g/mol.